The minimum Gasteiger partial charge on any atom is -0.494 e. The van der Waals surface area contributed by atoms with Crippen LogP contribution < -0.4 is 19.1 Å². The van der Waals surface area contributed by atoms with E-state index >= 15 is 0 Å². The van der Waals surface area contributed by atoms with Crippen molar-refractivity contribution in [3.63, 3.8) is 0 Å². The van der Waals surface area contributed by atoms with Crippen molar-refractivity contribution in [2.24, 2.45) is 0 Å². The number of rotatable bonds is 10. The molecule has 0 aliphatic rings. The molecule has 0 spiro atoms. The van der Waals surface area contributed by atoms with Gasteiger partial charge in [-0.2, -0.15) is 0 Å². The Balaban J connectivity index is 1.58. The number of nitrogens with one attached hydrogen (secondary N) is 1. The lowest BCUT2D eigenvalue weighted by atomic mass is 10.2. The molecule has 0 aliphatic heterocycles. The molecule has 0 unspecified atom stereocenters. The standard InChI is InChI=1S/C28H26N2O5S/c1-2-34-23-17-19-25(20-18-23)36(32,33)30(22-11-5-3-6-12-22)21-28(31)29-26-15-9-10-16-27(26)35-24-13-7-4-8-14-24/h3-20H,2,21H2,1H3,(H,29,31). The highest BCUT2D eigenvalue weighted by Crippen LogP contribution is 2.30. The second-order valence-electron chi connectivity index (χ2n) is 7.71. The fraction of sp³-hybridized carbons (Fsp3) is 0.107. The van der Waals surface area contributed by atoms with Gasteiger partial charge in [-0.15, -0.1) is 0 Å². The predicted molar refractivity (Wildman–Crippen MR) is 140 cm³/mol. The third-order valence-corrected chi connectivity index (χ3v) is 6.97. The van der Waals surface area contributed by atoms with E-state index in [0.717, 1.165) is 4.31 Å². The number of amides is 1. The van der Waals surface area contributed by atoms with E-state index in [-0.39, 0.29) is 4.90 Å². The number of hydrogen-bond donors (Lipinski definition) is 1. The van der Waals surface area contributed by atoms with Crippen molar-refractivity contribution in [2.75, 3.05) is 22.8 Å². The van der Waals surface area contributed by atoms with Crippen molar-refractivity contribution in [1.82, 2.24) is 0 Å². The summed E-state index contributed by atoms with van der Waals surface area (Å²) in [5, 5.41) is 2.79. The zero-order chi connectivity index (χ0) is 25.4. The minimum absolute atomic E-state index is 0.0513. The van der Waals surface area contributed by atoms with Crippen LogP contribution in [0.25, 0.3) is 0 Å². The Kier molecular flexibility index (Phi) is 7.87. The van der Waals surface area contributed by atoms with Gasteiger partial charge in [0.25, 0.3) is 10.0 Å². The van der Waals surface area contributed by atoms with Gasteiger partial charge in [0, 0.05) is 0 Å². The first-order valence-corrected chi connectivity index (χ1v) is 12.8. The maximum atomic E-state index is 13.6. The second kappa shape index (κ2) is 11.4. The summed E-state index contributed by atoms with van der Waals surface area (Å²) in [5.74, 6) is 1.11. The SMILES string of the molecule is CCOc1ccc(S(=O)(=O)N(CC(=O)Nc2ccccc2Oc2ccccc2)c2ccccc2)cc1. The van der Waals surface area contributed by atoms with Gasteiger partial charge in [0.1, 0.15) is 18.0 Å². The Morgan fingerprint density at radius 1 is 0.778 bits per heavy atom. The first kappa shape index (κ1) is 24.8. The molecular weight excluding hydrogens is 476 g/mol. The maximum Gasteiger partial charge on any atom is 0.264 e. The Morgan fingerprint density at radius 3 is 2.06 bits per heavy atom. The molecule has 1 amide bonds. The van der Waals surface area contributed by atoms with Gasteiger partial charge in [-0.25, -0.2) is 8.42 Å². The van der Waals surface area contributed by atoms with Gasteiger partial charge in [0.2, 0.25) is 5.91 Å². The number of para-hydroxylation sites is 4. The number of carbonyl (C=O) groups excluding carboxylic acids is 1. The van der Waals surface area contributed by atoms with Gasteiger partial charge >= 0.3 is 0 Å². The average molecular weight is 503 g/mol. The molecule has 1 N–H and O–H groups in total. The van der Waals surface area contributed by atoms with E-state index in [9.17, 15) is 13.2 Å². The zero-order valence-corrected chi connectivity index (χ0v) is 20.5. The lowest BCUT2D eigenvalue weighted by molar-refractivity contribution is -0.114. The van der Waals surface area contributed by atoms with Gasteiger partial charge in [-0.1, -0.05) is 48.5 Å². The highest BCUT2D eigenvalue weighted by molar-refractivity contribution is 7.92. The molecule has 0 radical (unpaired) electrons. The smallest absolute Gasteiger partial charge is 0.264 e. The molecule has 8 heteroatoms. The minimum atomic E-state index is -4.05. The van der Waals surface area contributed by atoms with Gasteiger partial charge in [-0.3, -0.25) is 9.10 Å². The van der Waals surface area contributed by atoms with Gasteiger partial charge in [0.15, 0.2) is 5.75 Å². The highest BCUT2D eigenvalue weighted by atomic mass is 32.2. The largest absolute Gasteiger partial charge is 0.494 e. The molecule has 0 saturated carbocycles. The quantitative estimate of drug-likeness (QED) is 0.300. The van der Waals surface area contributed by atoms with Crippen molar-refractivity contribution < 1.29 is 22.7 Å². The Hall–Kier alpha value is -4.30. The van der Waals surface area contributed by atoms with Crippen LogP contribution in [0, 0.1) is 0 Å². The molecular formula is C28H26N2O5S. The van der Waals surface area contributed by atoms with E-state index in [4.69, 9.17) is 9.47 Å². The normalized spacial score (nSPS) is 10.9. The van der Waals surface area contributed by atoms with E-state index < -0.39 is 22.5 Å². The molecule has 4 rings (SSSR count). The van der Waals surface area contributed by atoms with Crippen molar-refractivity contribution in [3.05, 3.63) is 109 Å². The van der Waals surface area contributed by atoms with Crippen molar-refractivity contribution in [2.45, 2.75) is 11.8 Å². The molecule has 0 bridgehead atoms. The van der Waals surface area contributed by atoms with Crippen LogP contribution in [-0.2, 0) is 14.8 Å². The molecule has 4 aromatic carbocycles. The van der Waals surface area contributed by atoms with Crippen LogP contribution in [0.3, 0.4) is 0 Å². The van der Waals surface area contributed by atoms with Crippen LogP contribution in [0.2, 0.25) is 0 Å². The van der Waals surface area contributed by atoms with Crippen LogP contribution in [0.4, 0.5) is 11.4 Å². The van der Waals surface area contributed by atoms with E-state index in [1.165, 1.54) is 12.1 Å². The molecule has 4 aromatic rings. The van der Waals surface area contributed by atoms with Crippen LogP contribution >= 0.6 is 0 Å². The lowest BCUT2D eigenvalue weighted by Crippen LogP contribution is -2.38. The lowest BCUT2D eigenvalue weighted by Gasteiger charge is -2.24. The van der Waals surface area contributed by atoms with Gasteiger partial charge in [0.05, 0.1) is 22.9 Å². The summed E-state index contributed by atoms with van der Waals surface area (Å²) in [7, 11) is -4.05. The number of benzene rings is 4. The van der Waals surface area contributed by atoms with Crippen molar-refractivity contribution in [1.29, 1.82) is 0 Å². The Bertz CT molecular complexity index is 1390. The maximum absolute atomic E-state index is 13.6. The van der Waals surface area contributed by atoms with Gasteiger partial charge < -0.3 is 14.8 Å². The molecule has 7 nitrogen and oxygen atoms in total. The van der Waals surface area contributed by atoms with Crippen molar-refractivity contribution >= 4 is 27.3 Å². The summed E-state index contributed by atoms with van der Waals surface area (Å²) in [6.07, 6.45) is 0. The topological polar surface area (TPSA) is 84.9 Å². The number of ether oxygens (including phenoxy) is 2. The summed E-state index contributed by atoms with van der Waals surface area (Å²) in [5.41, 5.74) is 0.799. The molecule has 36 heavy (non-hydrogen) atoms. The first-order chi connectivity index (χ1) is 17.5. The summed E-state index contributed by atoms with van der Waals surface area (Å²) < 4.78 is 39.6. The second-order valence-corrected chi connectivity index (χ2v) is 9.57. The number of carbonyl (C=O) groups is 1. The Labute approximate surface area is 211 Å². The van der Waals surface area contributed by atoms with Crippen LogP contribution in [-0.4, -0.2) is 27.5 Å². The van der Waals surface area contributed by atoms with Crippen LogP contribution in [0.5, 0.6) is 17.2 Å². The molecule has 184 valence electrons. The van der Waals surface area contributed by atoms with E-state index in [2.05, 4.69) is 5.32 Å². The summed E-state index contributed by atoms with van der Waals surface area (Å²) in [4.78, 5) is 13.2. The van der Waals surface area contributed by atoms with Crippen LogP contribution in [0.1, 0.15) is 6.92 Å². The monoisotopic (exact) mass is 502 g/mol. The first-order valence-electron chi connectivity index (χ1n) is 11.4. The molecule has 0 fully saturated rings. The molecule has 0 aromatic heterocycles. The fourth-order valence-corrected chi connectivity index (χ4v) is 4.93. The summed E-state index contributed by atoms with van der Waals surface area (Å²) in [6.45, 7) is 1.89. The summed E-state index contributed by atoms with van der Waals surface area (Å²) >= 11 is 0. The Morgan fingerprint density at radius 2 is 1.39 bits per heavy atom. The molecule has 0 heterocycles. The average Bonchev–Trinajstić information content (AvgIpc) is 2.90. The van der Waals surface area contributed by atoms with Crippen molar-refractivity contribution in [3.8, 4) is 17.2 Å². The van der Waals surface area contributed by atoms with Gasteiger partial charge in [-0.05, 0) is 67.6 Å². The number of hydrogen-bond acceptors (Lipinski definition) is 5. The number of anilines is 2. The fourth-order valence-electron chi connectivity index (χ4n) is 3.51. The number of sulfonamides is 1. The van der Waals surface area contributed by atoms with E-state index in [0.29, 0.717) is 35.2 Å². The van der Waals surface area contributed by atoms with E-state index in [1.807, 2.05) is 25.1 Å². The van der Waals surface area contributed by atoms with E-state index in [1.54, 1.807) is 78.9 Å². The molecule has 0 saturated heterocycles. The van der Waals surface area contributed by atoms with Crippen LogP contribution in [0.15, 0.2) is 114 Å². The molecule has 0 aliphatic carbocycles. The summed E-state index contributed by atoms with van der Waals surface area (Å²) in [6, 6.07) is 30.8. The highest BCUT2D eigenvalue weighted by Gasteiger charge is 2.27. The predicted octanol–water partition coefficient (Wildman–Crippen LogP) is 5.71. The molecule has 0 atom stereocenters. The zero-order valence-electron chi connectivity index (χ0n) is 19.7. The number of nitrogens with zero attached hydrogens (tertiary/aromatic N) is 1. The third kappa shape index (κ3) is 6.03. The third-order valence-electron chi connectivity index (χ3n) is 5.19.